The highest BCUT2D eigenvalue weighted by Crippen LogP contribution is 2.32. The number of carbonyl (C=O) groups is 4. The molecule has 9 nitrogen and oxygen atoms in total. The second kappa shape index (κ2) is 18.5. The molecule has 2 aliphatic heterocycles. The first-order valence-corrected chi connectivity index (χ1v) is 13.2. The van der Waals surface area contributed by atoms with Gasteiger partial charge < -0.3 is 25.9 Å². The third kappa shape index (κ3) is 10.5. The number of rotatable bonds is 12. The Balaban J connectivity index is 0.000000450. The molecule has 5 N–H and O–H groups in total. The van der Waals surface area contributed by atoms with Gasteiger partial charge in [0.1, 0.15) is 12.3 Å². The van der Waals surface area contributed by atoms with Crippen molar-refractivity contribution in [3.63, 3.8) is 0 Å². The standard InChI is InChI=1S/C17H22N4O3.C5H12O.C5H10O/c18-8-1-2-9-19-13-5-3-4-11-12(13)10-21(17(11)24)14-6-7-15(22)20-16(14)23;2*1-2-3-4-5-6/h3-5,14,19H,1-2,6-10,18H2,(H,20,22,23);6H,2-5H2,1H3;5H,2-4H2,1H3. The Bertz CT molecular complexity index is 826. The van der Waals surface area contributed by atoms with Crippen molar-refractivity contribution in [3.05, 3.63) is 29.3 Å². The van der Waals surface area contributed by atoms with Gasteiger partial charge in [-0.1, -0.05) is 39.2 Å². The first kappa shape index (κ1) is 31.3. The van der Waals surface area contributed by atoms with Crippen LogP contribution in [0.4, 0.5) is 5.69 Å². The fourth-order valence-electron chi connectivity index (χ4n) is 3.89. The minimum Gasteiger partial charge on any atom is -0.396 e. The highest BCUT2D eigenvalue weighted by atomic mass is 16.3. The van der Waals surface area contributed by atoms with Gasteiger partial charge in [0.2, 0.25) is 11.8 Å². The highest BCUT2D eigenvalue weighted by molar-refractivity contribution is 6.06. The molecule has 0 aromatic heterocycles. The van der Waals surface area contributed by atoms with Crippen LogP contribution in [0.5, 0.6) is 0 Å². The molecule has 3 rings (SSSR count). The summed E-state index contributed by atoms with van der Waals surface area (Å²) in [6, 6.07) is 5.00. The van der Waals surface area contributed by atoms with E-state index in [0.29, 0.717) is 31.7 Å². The molecule has 9 heteroatoms. The van der Waals surface area contributed by atoms with Crippen molar-refractivity contribution < 1.29 is 24.3 Å². The van der Waals surface area contributed by atoms with Crippen LogP contribution in [-0.4, -0.2) is 59.8 Å². The summed E-state index contributed by atoms with van der Waals surface area (Å²) < 4.78 is 0. The number of unbranched alkanes of at least 4 members (excludes halogenated alkanes) is 5. The SMILES string of the molecule is CCCCC=O.CCCCCO.NCCCCNc1cccc2c1CN(C1CCC(=O)NC1=O)C2=O. The largest absolute Gasteiger partial charge is 0.396 e. The minimum absolute atomic E-state index is 0.148. The van der Waals surface area contributed by atoms with E-state index in [4.69, 9.17) is 10.8 Å². The molecule has 202 valence electrons. The van der Waals surface area contributed by atoms with E-state index in [9.17, 15) is 19.2 Å². The number of imide groups is 1. The molecule has 0 spiro atoms. The minimum atomic E-state index is -0.576. The quantitative estimate of drug-likeness (QED) is 0.195. The van der Waals surface area contributed by atoms with Gasteiger partial charge in [-0.05, 0) is 50.8 Å². The summed E-state index contributed by atoms with van der Waals surface area (Å²) in [4.78, 5) is 47.2. The third-order valence-electron chi connectivity index (χ3n) is 5.97. The number of nitrogens with zero attached hydrogens (tertiary/aromatic N) is 1. The van der Waals surface area contributed by atoms with Gasteiger partial charge >= 0.3 is 0 Å². The number of aliphatic hydroxyl groups excluding tert-OH is 1. The first-order chi connectivity index (χ1) is 17.4. The first-order valence-electron chi connectivity index (χ1n) is 13.2. The van der Waals surface area contributed by atoms with Crippen molar-refractivity contribution in [2.24, 2.45) is 5.73 Å². The number of anilines is 1. The predicted molar refractivity (Wildman–Crippen MR) is 141 cm³/mol. The lowest BCUT2D eigenvalue weighted by molar-refractivity contribution is -0.136. The number of aldehydes is 1. The van der Waals surface area contributed by atoms with Crippen LogP contribution in [0.15, 0.2) is 18.2 Å². The molecule has 1 unspecified atom stereocenters. The number of aliphatic hydroxyl groups is 1. The van der Waals surface area contributed by atoms with Crippen molar-refractivity contribution in [2.75, 3.05) is 25.0 Å². The summed E-state index contributed by atoms with van der Waals surface area (Å²) in [5.41, 5.74) is 7.97. The molecule has 0 aliphatic carbocycles. The summed E-state index contributed by atoms with van der Waals surface area (Å²) >= 11 is 0. The highest BCUT2D eigenvalue weighted by Gasteiger charge is 2.39. The number of benzene rings is 1. The van der Waals surface area contributed by atoms with E-state index in [2.05, 4.69) is 24.5 Å². The lowest BCUT2D eigenvalue weighted by atomic mass is 10.0. The van der Waals surface area contributed by atoms with Crippen LogP contribution in [0.3, 0.4) is 0 Å². The number of hydrogen-bond donors (Lipinski definition) is 4. The van der Waals surface area contributed by atoms with Crippen LogP contribution in [0.1, 0.15) is 94.0 Å². The van der Waals surface area contributed by atoms with Gasteiger partial charge in [-0.3, -0.25) is 19.7 Å². The number of nitrogens with one attached hydrogen (secondary N) is 2. The van der Waals surface area contributed by atoms with Gasteiger partial charge in [0.25, 0.3) is 5.91 Å². The summed E-state index contributed by atoms with van der Waals surface area (Å²) in [6.45, 7) is 6.39. The number of amides is 3. The third-order valence-corrected chi connectivity index (χ3v) is 5.97. The fraction of sp³-hybridized carbons (Fsp3) is 0.630. The average Bonchev–Trinajstić information content (AvgIpc) is 3.21. The zero-order chi connectivity index (χ0) is 26.8. The molecule has 0 bridgehead atoms. The topological polar surface area (TPSA) is 142 Å². The number of fused-ring (bicyclic) bond motifs is 1. The normalized spacial score (nSPS) is 16.3. The number of piperidine rings is 1. The molecule has 0 saturated carbocycles. The van der Waals surface area contributed by atoms with E-state index >= 15 is 0 Å². The second-order valence-corrected chi connectivity index (χ2v) is 8.89. The van der Waals surface area contributed by atoms with E-state index in [-0.39, 0.29) is 24.1 Å². The lowest BCUT2D eigenvalue weighted by Gasteiger charge is -2.29. The fourth-order valence-corrected chi connectivity index (χ4v) is 3.89. The Morgan fingerprint density at radius 1 is 1.11 bits per heavy atom. The molecule has 36 heavy (non-hydrogen) atoms. The predicted octanol–water partition coefficient (Wildman–Crippen LogP) is 3.14. The molecule has 1 atom stereocenters. The van der Waals surface area contributed by atoms with Crippen molar-refractivity contribution in [1.29, 1.82) is 0 Å². The molecular weight excluding hydrogens is 460 g/mol. The number of nitrogens with two attached hydrogens (primary N) is 1. The van der Waals surface area contributed by atoms with E-state index < -0.39 is 6.04 Å². The van der Waals surface area contributed by atoms with Crippen molar-refractivity contribution >= 4 is 29.7 Å². The summed E-state index contributed by atoms with van der Waals surface area (Å²) in [5, 5.41) is 13.9. The average molecular weight is 505 g/mol. The Labute approximate surface area is 215 Å². The van der Waals surface area contributed by atoms with Crippen LogP contribution >= 0.6 is 0 Å². The van der Waals surface area contributed by atoms with Gasteiger partial charge in [0, 0.05) is 49.4 Å². The smallest absolute Gasteiger partial charge is 0.255 e. The molecule has 0 radical (unpaired) electrons. The van der Waals surface area contributed by atoms with E-state index in [1.165, 1.54) is 6.42 Å². The van der Waals surface area contributed by atoms with Crippen LogP contribution < -0.4 is 16.4 Å². The van der Waals surface area contributed by atoms with Gasteiger partial charge in [0.05, 0.1) is 0 Å². The second-order valence-electron chi connectivity index (χ2n) is 8.89. The Kier molecular flexibility index (Phi) is 16.0. The Morgan fingerprint density at radius 2 is 1.86 bits per heavy atom. The molecule has 1 fully saturated rings. The summed E-state index contributed by atoms with van der Waals surface area (Å²) in [7, 11) is 0. The zero-order valence-electron chi connectivity index (χ0n) is 21.9. The summed E-state index contributed by atoms with van der Waals surface area (Å²) in [5.74, 6) is -0.808. The molecule has 2 aliphatic rings. The molecule has 1 saturated heterocycles. The molecule has 1 aromatic rings. The van der Waals surface area contributed by atoms with Crippen LogP contribution in [0.2, 0.25) is 0 Å². The number of carbonyl (C=O) groups excluding carboxylic acids is 4. The van der Waals surface area contributed by atoms with E-state index in [1.54, 1.807) is 11.0 Å². The molecule has 2 heterocycles. The van der Waals surface area contributed by atoms with Crippen molar-refractivity contribution in [1.82, 2.24) is 10.2 Å². The lowest BCUT2D eigenvalue weighted by Crippen LogP contribution is -2.52. The van der Waals surface area contributed by atoms with E-state index in [0.717, 1.165) is 69.0 Å². The Morgan fingerprint density at radius 3 is 2.42 bits per heavy atom. The van der Waals surface area contributed by atoms with Gasteiger partial charge in [-0.2, -0.15) is 0 Å². The maximum Gasteiger partial charge on any atom is 0.255 e. The van der Waals surface area contributed by atoms with Crippen LogP contribution in [-0.2, 0) is 20.9 Å². The van der Waals surface area contributed by atoms with E-state index in [1.807, 2.05) is 12.1 Å². The van der Waals surface area contributed by atoms with Gasteiger partial charge in [-0.15, -0.1) is 0 Å². The van der Waals surface area contributed by atoms with Crippen molar-refractivity contribution in [3.8, 4) is 0 Å². The van der Waals surface area contributed by atoms with Crippen LogP contribution in [0.25, 0.3) is 0 Å². The maximum atomic E-state index is 12.7. The number of hydrogen-bond acceptors (Lipinski definition) is 7. The van der Waals surface area contributed by atoms with Crippen LogP contribution in [0, 0.1) is 0 Å². The maximum absolute atomic E-state index is 12.7. The van der Waals surface area contributed by atoms with Gasteiger partial charge in [0.15, 0.2) is 0 Å². The molecule has 1 aromatic carbocycles. The zero-order valence-corrected chi connectivity index (χ0v) is 21.9. The molecule has 3 amide bonds. The molecular formula is C27H44N4O5. The van der Waals surface area contributed by atoms with Gasteiger partial charge in [-0.25, -0.2) is 0 Å². The monoisotopic (exact) mass is 504 g/mol. The summed E-state index contributed by atoms with van der Waals surface area (Å²) in [6.07, 6.45) is 9.74. The Hall–Kier alpha value is -2.78. The van der Waals surface area contributed by atoms with Crippen molar-refractivity contribution in [2.45, 2.75) is 90.6 Å².